The Labute approximate surface area is 112 Å². The van der Waals surface area contributed by atoms with Crippen LogP contribution in [0.4, 0.5) is 5.82 Å². The molecule has 0 spiro atoms. The molecule has 7 heteroatoms. The summed E-state index contributed by atoms with van der Waals surface area (Å²) in [5.74, 6) is 7.20. The summed E-state index contributed by atoms with van der Waals surface area (Å²) in [6, 6.07) is 3.61. The summed E-state index contributed by atoms with van der Waals surface area (Å²) in [7, 11) is 0. The lowest BCUT2D eigenvalue weighted by molar-refractivity contribution is 0.109. The zero-order valence-corrected chi connectivity index (χ0v) is 11.0. The fourth-order valence-electron chi connectivity index (χ4n) is 1.90. The number of aromatic nitrogens is 2. The number of halogens is 1. The standard InChI is InChI=1S/C11H11BrN4O2/c12-9-2-1-8(18-9)11-14-7-3-4-17-5-6(7)10(15-11)16-13/h1-2H,3-5,13H2,(H,14,15,16). The molecule has 0 atom stereocenters. The highest BCUT2D eigenvalue weighted by atomic mass is 79.9. The summed E-state index contributed by atoms with van der Waals surface area (Å²) in [5.41, 5.74) is 4.45. The highest BCUT2D eigenvalue weighted by Gasteiger charge is 2.19. The number of nitrogens with one attached hydrogen (secondary N) is 1. The first kappa shape index (κ1) is 11.6. The first-order chi connectivity index (χ1) is 8.78. The Kier molecular flexibility index (Phi) is 3.02. The van der Waals surface area contributed by atoms with Gasteiger partial charge in [-0.2, -0.15) is 0 Å². The van der Waals surface area contributed by atoms with Crippen LogP contribution in [0.3, 0.4) is 0 Å². The molecule has 0 unspecified atom stereocenters. The molecule has 94 valence electrons. The van der Waals surface area contributed by atoms with Gasteiger partial charge in [-0.3, -0.25) is 0 Å². The Bertz CT molecular complexity index is 567. The second-order valence-electron chi connectivity index (χ2n) is 3.87. The zero-order valence-electron chi connectivity index (χ0n) is 9.44. The van der Waals surface area contributed by atoms with Crippen LogP contribution < -0.4 is 11.3 Å². The summed E-state index contributed by atoms with van der Waals surface area (Å²) in [5, 5.41) is 0. The van der Waals surface area contributed by atoms with Crippen LogP contribution in [0.5, 0.6) is 0 Å². The molecule has 3 heterocycles. The smallest absolute Gasteiger partial charge is 0.197 e. The Morgan fingerprint density at radius 2 is 2.22 bits per heavy atom. The van der Waals surface area contributed by atoms with E-state index in [4.69, 9.17) is 15.0 Å². The van der Waals surface area contributed by atoms with Crippen molar-refractivity contribution in [2.75, 3.05) is 12.0 Å². The van der Waals surface area contributed by atoms with E-state index in [1.807, 2.05) is 6.07 Å². The van der Waals surface area contributed by atoms with Crippen LogP contribution in [-0.4, -0.2) is 16.6 Å². The van der Waals surface area contributed by atoms with Gasteiger partial charge in [0.2, 0.25) is 0 Å². The SMILES string of the molecule is NNc1nc(-c2ccc(Br)o2)nc2c1COCC2. The monoisotopic (exact) mass is 310 g/mol. The molecule has 1 aliphatic heterocycles. The van der Waals surface area contributed by atoms with Crippen molar-refractivity contribution in [1.82, 2.24) is 9.97 Å². The Morgan fingerprint density at radius 1 is 1.33 bits per heavy atom. The minimum absolute atomic E-state index is 0.483. The van der Waals surface area contributed by atoms with E-state index in [2.05, 4.69) is 31.3 Å². The maximum Gasteiger partial charge on any atom is 0.197 e. The van der Waals surface area contributed by atoms with Crippen molar-refractivity contribution in [2.45, 2.75) is 13.0 Å². The first-order valence-corrected chi connectivity index (χ1v) is 6.27. The highest BCUT2D eigenvalue weighted by Crippen LogP contribution is 2.27. The Hall–Kier alpha value is -1.44. The van der Waals surface area contributed by atoms with Gasteiger partial charge in [0, 0.05) is 12.0 Å². The van der Waals surface area contributed by atoms with Crippen LogP contribution in [0, 0.1) is 0 Å². The largest absolute Gasteiger partial charge is 0.446 e. The predicted molar refractivity (Wildman–Crippen MR) is 68.6 cm³/mol. The van der Waals surface area contributed by atoms with Crippen LogP contribution >= 0.6 is 15.9 Å². The second-order valence-corrected chi connectivity index (χ2v) is 4.65. The van der Waals surface area contributed by atoms with Crippen molar-refractivity contribution in [3.05, 3.63) is 28.1 Å². The van der Waals surface area contributed by atoms with E-state index in [0.717, 1.165) is 17.7 Å². The van der Waals surface area contributed by atoms with Gasteiger partial charge >= 0.3 is 0 Å². The molecule has 0 amide bonds. The molecule has 2 aromatic rings. The lowest BCUT2D eigenvalue weighted by Crippen LogP contribution is -2.19. The molecule has 3 rings (SSSR count). The fraction of sp³-hybridized carbons (Fsp3) is 0.273. The minimum atomic E-state index is 0.483. The fourth-order valence-corrected chi connectivity index (χ4v) is 2.20. The number of nitrogen functional groups attached to an aromatic ring is 1. The molecule has 1 aliphatic rings. The minimum Gasteiger partial charge on any atom is -0.446 e. The van der Waals surface area contributed by atoms with E-state index in [1.165, 1.54) is 0 Å². The normalized spacial score (nSPS) is 14.3. The van der Waals surface area contributed by atoms with Crippen molar-refractivity contribution in [1.29, 1.82) is 0 Å². The van der Waals surface area contributed by atoms with Gasteiger partial charge in [0.1, 0.15) is 5.82 Å². The summed E-state index contributed by atoms with van der Waals surface area (Å²) in [6.45, 7) is 1.15. The molecule has 0 fully saturated rings. The van der Waals surface area contributed by atoms with E-state index >= 15 is 0 Å². The van der Waals surface area contributed by atoms with Crippen LogP contribution in [0.25, 0.3) is 11.6 Å². The van der Waals surface area contributed by atoms with Crippen LogP contribution in [0.1, 0.15) is 11.3 Å². The van der Waals surface area contributed by atoms with Crippen molar-refractivity contribution in [3.8, 4) is 11.6 Å². The summed E-state index contributed by atoms with van der Waals surface area (Å²) >= 11 is 3.26. The second kappa shape index (κ2) is 4.68. The molecule has 0 aromatic carbocycles. The Morgan fingerprint density at radius 3 is 2.94 bits per heavy atom. The number of nitrogens with two attached hydrogens (primary N) is 1. The van der Waals surface area contributed by atoms with Crippen molar-refractivity contribution in [2.24, 2.45) is 5.84 Å². The molecule has 6 nitrogen and oxygen atoms in total. The third-order valence-corrected chi connectivity index (χ3v) is 3.18. The number of rotatable bonds is 2. The number of anilines is 1. The molecule has 0 saturated carbocycles. The lowest BCUT2D eigenvalue weighted by Gasteiger charge is -2.18. The molecule has 0 bridgehead atoms. The van der Waals surface area contributed by atoms with Crippen molar-refractivity contribution < 1.29 is 9.15 Å². The van der Waals surface area contributed by atoms with Gasteiger partial charge in [-0.1, -0.05) is 0 Å². The maximum atomic E-state index is 5.49. The number of ether oxygens (including phenoxy) is 1. The van der Waals surface area contributed by atoms with Crippen LogP contribution in [0.2, 0.25) is 0 Å². The van der Waals surface area contributed by atoms with Crippen molar-refractivity contribution in [3.63, 3.8) is 0 Å². The van der Waals surface area contributed by atoms with Gasteiger partial charge in [-0.25, -0.2) is 15.8 Å². The highest BCUT2D eigenvalue weighted by molar-refractivity contribution is 9.10. The maximum absolute atomic E-state index is 5.49. The Balaban J connectivity index is 2.11. The summed E-state index contributed by atoms with van der Waals surface area (Å²) < 4.78 is 11.5. The summed E-state index contributed by atoms with van der Waals surface area (Å²) in [4.78, 5) is 8.85. The molecule has 0 radical (unpaired) electrons. The van der Waals surface area contributed by atoms with Gasteiger partial charge in [0.25, 0.3) is 0 Å². The lowest BCUT2D eigenvalue weighted by atomic mass is 10.1. The first-order valence-electron chi connectivity index (χ1n) is 5.48. The van der Waals surface area contributed by atoms with E-state index in [1.54, 1.807) is 6.07 Å². The summed E-state index contributed by atoms with van der Waals surface area (Å²) in [6.07, 6.45) is 0.751. The van der Waals surface area contributed by atoms with Crippen LogP contribution in [-0.2, 0) is 17.8 Å². The molecule has 3 N–H and O–H groups in total. The molecule has 18 heavy (non-hydrogen) atoms. The van der Waals surface area contributed by atoms with E-state index in [-0.39, 0.29) is 0 Å². The number of furan rings is 1. The van der Waals surface area contributed by atoms with E-state index in [0.29, 0.717) is 35.3 Å². The van der Waals surface area contributed by atoms with Gasteiger partial charge in [0.05, 0.1) is 18.9 Å². The van der Waals surface area contributed by atoms with E-state index < -0.39 is 0 Å². The molecule has 0 aliphatic carbocycles. The molecular formula is C11H11BrN4O2. The van der Waals surface area contributed by atoms with Crippen LogP contribution in [0.15, 0.2) is 21.2 Å². The third-order valence-electron chi connectivity index (χ3n) is 2.75. The predicted octanol–water partition coefficient (Wildman–Crippen LogP) is 1.86. The van der Waals surface area contributed by atoms with E-state index in [9.17, 15) is 0 Å². The zero-order chi connectivity index (χ0) is 12.5. The van der Waals surface area contributed by atoms with Gasteiger partial charge in [0.15, 0.2) is 16.3 Å². The molecule has 2 aromatic heterocycles. The van der Waals surface area contributed by atoms with Gasteiger partial charge in [-0.15, -0.1) is 0 Å². The average molecular weight is 311 g/mol. The quantitative estimate of drug-likeness (QED) is 0.650. The number of fused-ring (bicyclic) bond motifs is 1. The number of nitrogens with zero attached hydrogens (tertiary/aromatic N) is 2. The average Bonchev–Trinajstić information content (AvgIpc) is 2.84. The number of hydrogen-bond acceptors (Lipinski definition) is 6. The van der Waals surface area contributed by atoms with Gasteiger partial charge in [-0.05, 0) is 28.1 Å². The van der Waals surface area contributed by atoms with Crippen molar-refractivity contribution >= 4 is 21.7 Å². The topological polar surface area (TPSA) is 86.2 Å². The molecule has 0 saturated heterocycles. The molecular weight excluding hydrogens is 300 g/mol. The number of hydrazine groups is 1. The third kappa shape index (κ3) is 2.00. The number of hydrogen-bond donors (Lipinski definition) is 2. The van der Waals surface area contributed by atoms with Gasteiger partial charge < -0.3 is 14.6 Å².